The molecule has 9 aromatic rings. The quantitative estimate of drug-likeness (QED) is 0.207. The lowest BCUT2D eigenvalue weighted by molar-refractivity contribution is 1.32. The zero-order chi connectivity index (χ0) is 26.9. The number of pyridine rings is 1. The number of aromatic nitrogens is 2. The van der Waals surface area contributed by atoms with Crippen molar-refractivity contribution in [2.45, 2.75) is 0 Å². The van der Waals surface area contributed by atoms with Crippen LogP contribution in [-0.4, -0.2) is 9.38 Å². The minimum Gasteiger partial charge on any atom is -0.291 e. The highest BCUT2D eigenvalue weighted by atomic mass is 15.0. The summed E-state index contributed by atoms with van der Waals surface area (Å²) >= 11 is 0. The molecular formula is C39H24N2. The lowest BCUT2D eigenvalue weighted by atomic mass is 9.97. The topological polar surface area (TPSA) is 17.3 Å². The van der Waals surface area contributed by atoms with Gasteiger partial charge in [-0.15, -0.1) is 0 Å². The molecule has 9 rings (SSSR count). The Labute approximate surface area is 236 Å². The molecule has 2 heteroatoms. The van der Waals surface area contributed by atoms with Crippen molar-refractivity contribution in [1.82, 2.24) is 9.38 Å². The summed E-state index contributed by atoms with van der Waals surface area (Å²) in [6.07, 6.45) is 0. The number of hydrogen-bond acceptors (Lipinski definition) is 1. The van der Waals surface area contributed by atoms with Gasteiger partial charge in [0.05, 0.1) is 16.6 Å². The smallest absolute Gasteiger partial charge is 0.146 e. The Bertz CT molecular complexity index is 2450. The molecule has 0 aliphatic rings. The third kappa shape index (κ3) is 3.22. The molecule has 0 radical (unpaired) electrons. The molecule has 2 heterocycles. The molecule has 7 aromatic carbocycles. The van der Waals surface area contributed by atoms with Gasteiger partial charge in [-0.2, -0.15) is 0 Å². The average Bonchev–Trinajstić information content (AvgIpc) is 3.47. The van der Waals surface area contributed by atoms with Crippen LogP contribution in [0.15, 0.2) is 146 Å². The van der Waals surface area contributed by atoms with Crippen molar-refractivity contribution in [1.29, 1.82) is 0 Å². The normalized spacial score (nSPS) is 11.9. The van der Waals surface area contributed by atoms with Gasteiger partial charge in [0.1, 0.15) is 5.65 Å². The molecule has 2 nitrogen and oxygen atoms in total. The van der Waals surface area contributed by atoms with E-state index in [1.54, 1.807) is 0 Å². The molecule has 0 bridgehead atoms. The summed E-state index contributed by atoms with van der Waals surface area (Å²) in [5.74, 6) is 0. The second-order valence-electron chi connectivity index (χ2n) is 10.8. The van der Waals surface area contributed by atoms with E-state index in [-0.39, 0.29) is 0 Å². The van der Waals surface area contributed by atoms with E-state index in [1.165, 1.54) is 71.0 Å². The molecule has 190 valence electrons. The Morgan fingerprint density at radius 1 is 0.366 bits per heavy atom. The summed E-state index contributed by atoms with van der Waals surface area (Å²) in [7, 11) is 0. The van der Waals surface area contributed by atoms with E-state index in [2.05, 4.69) is 150 Å². The highest BCUT2D eigenvalue weighted by Crippen LogP contribution is 2.40. The summed E-state index contributed by atoms with van der Waals surface area (Å²) in [6.45, 7) is 0. The number of hydrogen-bond donors (Lipinski definition) is 0. The van der Waals surface area contributed by atoms with E-state index in [4.69, 9.17) is 4.98 Å². The van der Waals surface area contributed by atoms with Crippen LogP contribution in [0, 0.1) is 0 Å². The van der Waals surface area contributed by atoms with Crippen molar-refractivity contribution in [3.05, 3.63) is 146 Å². The van der Waals surface area contributed by atoms with Gasteiger partial charge in [0.2, 0.25) is 0 Å². The fourth-order valence-electron chi connectivity index (χ4n) is 6.65. The van der Waals surface area contributed by atoms with Crippen LogP contribution in [-0.2, 0) is 0 Å². The molecular weight excluding hydrogens is 496 g/mol. The lowest BCUT2D eigenvalue weighted by Crippen LogP contribution is -1.93. The highest BCUT2D eigenvalue weighted by molar-refractivity contribution is 6.26. The molecule has 41 heavy (non-hydrogen) atoms. The molecule has 0 amide bonds. The molecule has 0 fully saturated rings. The van der Waals surface area contributed by atoms with Crippen LogP contribution in [0.1, 0.15) is 0 Å². The van der Waals surface area contributed by atoms with Gasteiger partial charge in [-0.25, -0.2) is 4.98 Å². The van der Waals surface area contributed by atoms with Crippen LogP contribution in [0.25, 0.3) is 82.2 Å². The minimum atomic E-state index is 1.00. The highest BCUT2D eigenvalue weighted by Gasteiger charge is 2.18. The van der Waals surface area contributed by atoms with Crippen molar-refractivity contribution < 1.29 is 0 Å². The van der Waals surface area contributed by atoms with Gasteiger partial charge in [-0.05, 0) is 50.5 Å². The summed E-state index contributed by atoms with van der Waals surface area (Å²) in [5, 5.41) is 8.54. The first-order valence-electron chi connectivity index (χ1n) is 14.1. The van der Waals surface area contributed by atoms with Crippen LogP contribution in [0.3, 0.4) is 0 Å². The van der Waals surface area contributed by atoms with E-state index in [9.17, 15) is 0 Å². The fraction of sp³-hybridized carbons (Fsp3) is 0. The Kier molecular flexibility index (Phi) is 4.64. The average molecular weight is 521 g/mol. The fourth-order valence-corrected chi connectivity index (χ4v) is 6.65. The van der Waals surface area contributed by atoms with Crippen LogP contribution in [0.4, 0.5) is 0 Å². The summed E-state index contributed by atoms with van der Waals surface area (Å²) in [6, 6.07) is 52.4. The molecule has 0 aliphatic carbocycles. The molecule has 0 saturated carbocycles. The Hall–Kier alpha value is -5.47. The number of imidazole rings is 1. The van der Waals surface area contributed by atoms with Gasteiger partial charge < -0.3 is 0 Å². The summed E-state index contributed by atoms with van der Waals surface area (Å²) < 4.78 is 2.39. The third-order valence-electron chi connectivity index (χ3n) is 8.55. The standard InChI is InChI=1S/C39H24N2/c1-2-10-25(11-3-1)26-18-20-27(21-19-26)28-22-23-36-35(24-28)31-14-6-9-17-34(31)39-40-37-32-15-7-4-12-29(32)30-13-5-8-16-33(30)38(37)41(36)39/h1-24H. The Morgan fingerprint density at radius 2 is 0.854 bits per heavy atom. The van der Waals surface area contributed by atoms with Crippen LogP contribution < -0.4 is 0 Å². The SMILES string of the molecule is c1ccc(-c2ccc(-c3ccc4c(c3)c3ccccc3c3nc5c6ccccc6c6ccccc6c5n43)cc2)cc1. The van der Waals surface area contributed by atoms with Crippen LogP contribution in [0.5, 0.6) is 0 Å². The van der Waals surface area contributed by atoms with Crippen molar-refractivity contribution in [2.75, 3.05) is 0 Å². The predicted octanol–water partition coefficient (Wildman–Crippen LogP) is 10.4. The van der Waals surface area contributed by atoms with Gasteiger partial charge in [0.15, 0.2) is 0 Å². The second-order valence-corrected chi connectivity index (χ2v) is 10.8. The first-order valence-corrected chi connectivity index (χ1v) is 14.1. The van der Waals surface area contributed by atoms with E-state index >= 15 is 0 Å². The maximum absolute atomic E-state index is 5.35. The number of nitrogens with zero attached hydrogens (tertiary/aromatic N) is 2. The zero-order valence-electron chi connectivity index (χ0n) is 22.3. The van der Waals surface area contributed by atoms with Crippen molar-refractivity contribution in [2.24, 2.45) is 0 Å². The van der Waals surface area contributed by atoms with Gasteiger partial charge in [0.25, 0.3) is 0 Å². The second kappa shape index (κ2) is 8.51. The predicted molar refractivity (Wildman–Crippen MR) is 174 cm³/mol. The summed E-state index contributed by atoms with van der Waals surface area (Å²) in [5.41, 5.74) is 9.28. The molecule has 0 aliphatic heterocycles. The maximum atomic E-state index is 5.35. The lowest BCUT2D eigenvalue weighted by Gasteiger charge is -2.12. The first-order chi connectivity index (χ1) is 20.3. The van der Waals surface area contributed by atoms with Gasteiger partial charge in [-0.3, -0.25) is 4.40 Å². The molecule has 0 saturated heterocycles. The van der Waals surface area contributed by atoms with E-state index in [0.717, 1.165) is 11.2 Å². The largest absolute Gasteiger partial charge is 0.291 e. The van der Waals surface area contributed by atoms with Gasteiger partial charge in [-0.1, -0.05) is 133 Å². The number of rotatable bonds is 2. The van der Waals surface area contributed by atoms with E-state index in [1.807, 2.05) is 0 Å². The monoisotopic (exact) mass is 520 g/mol. The molecule has 0 spiro atoms. The molecule has 0 atom stereocenters. The van der Waals surface area contributed by atoms with E-state index < -0.39 is 0 Å². The van der Waals surface area contributed by atoms with Crippen molar-refractivity contribution in [3.63, 3.8) is 0 Å². The first kappa shape index (κ1) is 22.4. The Morgan fingerprint density at radius 3 is 1.56 bits per heavy atom. The van der Waals surface area contributed by atoms with Gasteiger partial charge >= 0.3 is 0 Å². The molecule has 0 N–H and O–H groups in total. The Balaban J connectivity index is 1.37. The zero-order valence-corrected chi connectivity index (χ0v) is 22.3. The van der Waals surface area contributed by atoms with Crippen LogP contribution >= 0.6 is 0 Å². The maximum Gasteiger partial charge on any atom is 0.146 e. The third-order valence-corrected chi connectivity index (χ3v) is 8.55. The minimum absolute atomic E-state index is 1.00. The summed E-state index contributed by atoms with van der Waals surface area (Å²) in [4.78, 5) is 5.35. The van der Waals surface area contributed by atoms with E-state index in [0.29, 0.717) is 0 Å². The molecule has 2 aromatic heterocycles. The van der Waals surface area contributed by atoms with Crippen molar-refractivity contribution in [3.8, 4) is 22.3 Å². The molecule has 0 unspecified atom stereocenters. The van der Waals surface area contributed by atoms with Crippen LogP contribution in [0.2, 0.25) is 0 Å². The van der Waals surface area contributed by atoms with Crippen molar-refractivity contribution >= 4 is 59.9 Å². The van der Waals surface area contributed by atoms with Gasteiger partial charge in [0, 0.05) is 21.5 Å². The number of benzene rings is 7. The number of fused-ring (bicyclic) bond motifs is 13.